The number of fused-ring (bicyclic) bond motifs is 2. The summed E-state index contributed by atoms with van der Waals surface area (Å²) < 4.78 is 43.8. The molecule has 1 aliphatic heterocycles. The zero-order valence-corrected chi connectivity index (χ0v) is 38.2. The second-order valence-corrected chi connectivity index (χ2v) is 16.5. The zero-order chi connectivity index (χ0) is 46.7. The third-order valence-electron chi connectivity index (χ3n) is 12.4. The average molecular weight is 915 g/mol. The molecule has 0 bridgehead atoms. The minimum Gasteiger partial charge on any atom is -0.496 e. The number of oxime groups is 1. The molecule has 2 aliphatic carbocycles. The van der Waals surface area contributed by atoms with Gasteiger partial charge in [0.15, 0.2) is 6.29 Å². The first-order chi connectivity index (χ1) is 32.4. The minimum absolute atomic E-state index is 0.0167. The number of methoxy groups -OCH3 is 1. The Kier molecular flexibility index (Phi) is 19.4. The molecule has 0 saturated heterocycles. The number of aliphatic hydroxyl groups excluding tert-OH is 3. The van der Waals surface area contributed by atoms with Crippen LogP contribution in [0.5, 0.6) is 23.0 Å². The molecule has 1 saturated carbocycles. The predicted octanol–water partition coefficient (Wildman–Crippen LogP) is 7.62. The second kappa shape index (κ2) is 25.6. The average Bonchev–Trinajstić information content (AvgIpc) is 3.34. The van der Waals surface area contributed by atoms with Crippen LogP contribution in [0.4, 0.5) is 4.79 Å². The summed E-state index contributed by atoms with van der Waals surface area (Å²) in [6.07, 6.45) is 8.47. The van der Waals surface area contributed by atoms with Gasteiger partial charge in [-0.2, -0.15) is 0 Å². The molecule has 15 heteroatoms. The van der Waals surface area contributed by atoms with Gasteiger partial charge in [-0.3, -0.25) is 9.69 Å². The van der Waals surface area contributed by atoms with Crippen LogP contribution < -0.4 is 14.2 Å². The van der Waals surface area contributed by atoms with Gasteiger partial charge >= 0.3 is 6.09 Å². The van der Waals surface area contributed by atoms with Gasteiger partial charge in [-0.1, -0.05) is 60.5 Å². The van der Waals surface area contributed by atoms with Crippen molar-refractivity contribution in [1.29, 1.82) is 0 Å². The van der Waals surface area contributed by atoms with Crippen molar-refractivity contribution in [3.05, 3.63) is 108 Å². The van der Waals surface area contributed by atoms with Crippen molar-refractivity contribution in [1.82, 2.24) is 4.90 Å². The number of rotatable bonds is 28. The molecule has 0 radical (unpaired) electrons. The fourth-order valence-electron chi connectivity index (χ4n) is 9.60. The van der Waals surface area contributed by atoms with Crippen molar-refractivity contribution in [3.63, 3.8) is 0 Å². The Hall–Kier alpha value is -5.29. The topological polar surface area (TPSA) is 184 Å². The summed E-state index contributed by atoms with van der Waals surface area (Å²) in [6, 6.07) is 19.6. The summed E-state index contributed by atoms with van der Waals surface area (Å²) in [4.78, 5) is 34.0. The van der Waals surface area contributed by atoms with Crippen LogP contribution in [0.1, 0.15) is 79.3 Å². The maximum Gasteiger partial charge on any atom is 0.410 e. The number of allylic oxidation sites excluding steroid dienone is 1. The number of aliphatic hydroxyl groups is 3. The van der Waals surface area contributed by atoms with Crippen LogP contribution in [0.3, 0.4) is 0 Å². The van der Waals surface area contributed by atoms with Crippen molar-refractivity contribution >= 4 is 18.1 Å². The molecule has 3 aromatic rings. The first-order valence-corrected chi connectivity index (χ1v) is 23.1. The Bertz CT molecular complexity index is 2080. The van der Waals surface area contributed by atoms with Crippen LogP contribution in [0.2, 0.25) is 0 Å². The summed E-state index contributed by atoms with van der Waals surface area (Å²) in [7, 11) is 1.50. The smallest absolute Gasteiger partial charge is 0.410 e. The molecule has 1 fully saturated rings. The van der Waals surface area contributed by atoms with Gasteiger partial charge in [-0.05, 0) is 92.0 Å². The monoisotopic (exact) mass is 914 g/mol. The number of benzene rings is 3. The van der Waals surface area contributed by atoms with Crippen molar-refractivity contribution in [3.8, 4) is 23.0 Å². The first-order valence-electron chi connectivity index (χ1n) is 23.1. The van der Waals surface area contributed by atoms with Crippen LogP contribution in [0.25, 0.3) is 0 Å². The van der Waals surface area contributed by atoms with E-state index in [2.05, 4.69) is 12.7 Å². The lowest BCUT2D eigenvalue weighted by atomic mass is 9.55. The molecule has 1 amide bonds. The Morgan fingerprint density at radius 2 is 1.70 bits per heavy atom. The van der Waals surface area contributed by atoms with Crippen molar-refractivity contribution in [2.75, 3.05) is 73.1 Å². The lowest BCUT2D eigenvalue weighted by molar-refractivity contribution is -0.256. The van der Waals surface area contributed by atoms with E-state index in [4.69, 9.17) is 43.2 Å². The van der Waals surface area contributed by atoms with E-state index in [0.717, 1.165) is 48.7 Å². The molecule has 6 atom stereocenters. The van der Waals surface area contributed by atoms with Crippen molar-refractivity contribution < 1.29 is 62.9 Å². The van der Waals surface area contributed by atoms with Gasteiger partial charge in [-0.15, -0.1) is 6.58 Å². The lowest BCUT2D eigenvalue weighted by Crippen LogP contribution is -2.70. The molecule has 1 heterocycles. The number of hydrogen-bond donors (Lipinski definition) is 3. The molecule has 0 spiro atoms. The minimum atomic E-state index is -1.54. The molecule has 3 N–H and O–H groups in total. The van der Waals surface area contributed by atoms with E-state index in [0.29, 0.717) is 60.3 Å². The van der Waals surface area contributed by atoms with E-state index in [9.17, 15) is 24.9 Å². The number of amides is 1. The normalized spacial score (nSPS) is 22.3. The van der Waals surface area contributed by atoms with E-state index in [-0.39, 0.29) is 83.6 Å². The van der Waals surface area contributed by atoms with Gasteiger partial charge in [0.1, 0.15) is 42.3 Å². The summed E-state index contributed by atoms with van der Waals surface area (Å²) >= 11 is 0. The van der Waals surface area contributed by atoms with Gasteiger partial charge in [0.25, 0.3) is 0 Å². The first kappa shape index (κ1) is 50.1. The molecule has 66 heavy (non-hydrogen) atoms. The van der Waals surface area contributed by atoms with Gasteiger partial charge in [0.05, 0.1) is 63.9 Å². The summed E-state index contributed by atoms with van der Waals surface area (Å²) in [5.41, 5.74) is 3.71. The maximum absolute atomic E-state index is 14.6. The summed E-state index contributed by atoms with van der Waals surface area (Å²) in [5, 5.41) is 34.2. The van der Waals surface area contributed by atoms with E-state index in [1.165, 1.54) is 7.11 Å². The molecular formula is C51H66N2O13. The fraction of sp³-hybridized carbons (Fsp3) is 0.510. The molecule has 3 aromatic carbocycles. The van der Waals surface area contributed by atoms with Crippen molar-refractivity contribution in [2.45, 2.75) is 76.2 Å². The number of nitrogens with zero attached hydrogens (tertiary/aromatic N) is 2. The Morgan fingerprint density at radius 3 is 2.42 bits per heavy atom. The van der Waals surface area contributed by atoms with Crippen LogP contribution in [-0.4, -0.2) is 123 Å². The number of hydrogen-bond acceptors (Lipinski definition) is 14. The third-order valence-corrected chi connectivity index (χ3v) is 12.4. The molecule has 3 aliphatic rings. The Morgan fingerprint density at radius 1 is 0.924 bits per heavy atom. The Labute approximate surface area is 387 Å². The van der Waals surface area contributed by atoms with E-state index >= 15 is 0 Å². The standard InChI is InChI=1S/C51H66N2O13/c1-4-25-63-51-47(53(21-26-60-27-24-56)50(58)62-29-28-61-35-36-13-7-6-8-14-36)33-44(52-64-5-2)42-31-37(15-9-11-22-54)41(16-10-12-23-55)48(49(42)51)43-32-40(18-20-46(43)66-51)65-39-17-19-45(59-3)38(30-39)34-57/h4,6-8,13-14,17-20,30-32,34,37,41,47-49,54-56H,1,5,9-12,15-16,21-29,33,35H2,2-3H3. The molecule has 15 nitrogen and oxygen atoms in total. The molecule has 6 unspecified atom stereocenters. The number of aldehydes is 1. The van der Waals surface area contributed by atoms with Crippen LogP contribution in [0, 0.1) is 17.8 Å². The predicted molar refractivity (Wildman–Crippen MR) is 247 cm³/mol. The van der Waals surface area contributed by atoms with Crippen LogP contribution in [-0.2, 0) is 30.4 Å². The van der Waals surface area contributed by atoms with Crippen LogP contribution >= 0.6 is 0 Å². The summed E-state index contributed by atoms with van der Waals surface area (Å²) in [6.45, 7) is 6.86. The van der Waals surface area contributed by atoms with Gasteiger partial charge < -0.3 is 53.3 Å². The highest BCUT2D eigenvalue weighted by atomic mass is 16.7. The molecule has 0 aromatic heterocycles. The number of unbranched alkanes of at least 4 members (excludes halogenated alkanes) is 2. The SMILES string of the molecule is C=CCOC12Oc3ccc(Oc4ccc(OC)c(C=O)c4)cc3C3C(CCCCO)C(CCCCO)C=C(C(=NOCC)CC1N(CCOCCO)C(=O)OCCOCc1ccccc1)C32. The number of carbonyl (C=O) groups is 2. The molecular weight excluding hydrogens is 849 g/mol. The lowest BCUT2D eigenvalue weighted by Gasteiger charge is -2.59. The van der Waals surface area contributed by atoms with Gasteiger partial charge in [-0.25, -0.2) is 4.79 Å². The second-order valence-electron chi connectivity index (χ2n) is 16.5. The van der Waals surface area contributed by atoms with Gasteiger partial charge in [0.2, 0.25) is 5.79 Å². The van der Waals surface area contributed by atoms with E-state index in [1.54, 1.807) is 35.2 Å². The van der Waals surface area contributed by atoms with Gasteiger partial charge in [0, 0.05) is 37.7 Å². The maximum atomic E-state index is 14.6. The molecule has 6 rings (SSSR count). The highest BCUT2D eigenvalue weighted by Gasteiger charge is 2.65. The molecule has 358 valence electrons. The highest BCUT2D eigenvalue weighted by molar-refractivity contribution is 6.03. The number of ether oxygens (including phenoxy) is 7. The van der Waals surface area contributed by atoms with E-state index < -0.39 is 23.8 Å². The number of carbonyl (C=O) groups excluding carboxylic acids is 2. The zero-order valence-electron chi connectivity index (χ0n) is 38.2. The third kappa shape index (κ3) is 12.2. The van der Waals surface area contributed by atoms with Crippen LogP contribution in [0.15, 0.2) is 96.2 Å². The summed E-state index contributed by atoms with van der Waals surface area (Å²) in [5.74, 6) is -0.521. The Balaban J connectivity index is 1.49. The fourth-order valence-corrected chi connectivity index (χ4v) is 9.60. The highest BCUT2D eigenvalue weighted by Crippen LogP contribution is 2.62. The van der Waals surface area contributed by atoms with E-state index in [1.807, 2.05) is 49.4 Å². The largest absolute Gasteiger partial charge is 0.496 e. The van der Waals surface area contributed by atoms with Crippen molar-refractivity contribution in [2.24, 2.45) is 22.9 Å². The quantitative estimate of drug-likeness (QED) is 0.0280.